The summed E-state index contributed by atoms with van der Waals surface area (Å²) in [5.41, 5.74) is 0.995. The molecule has 70 valence electrons. The molecule has 1 aliphatic rings. The van der Waals surface area contributed by atoms with E-state index in [4.69, 9.17) is 5.90 Å². The molecule has 1 aromatic rings. The molecule has 0 heterocycles. The van der Waals surface area contributed by atoms with Gasteiger partial charge in [-0.15, -0.1) is 0 Å². The second-order valence-electron chi connectivity index (χ2n) is 3.60. The highest BCUT2D eigenvalue weighted by molar-refractivity contribution is 5.31. The van der Waals surface area contributed by atoms with Crippen LogP contribution in [0.2, 0.25) is 0 Å². The molecule has 1 fully saturated rings. The largest absolute Gasteiger partial charge is 0.304 e. The Hall–Kier alpha value is -0.930. The summed E-state index contributed by atoms with van der Waals surface area (Å²) in [6.45, 7) is 0.483. The first-order chi connectivity index (χ1) is 6.27. The van der Waals surface area contributed by atoms with Crippen LogP contribution in [0.15, 0.2) is 24.3 Å². The normalized spacial score (nSPS) is 18.6. The van der Waals surface area contributed by atoms with Crippen molar-refractivity contribution in [2.75, 3.05) is 6.61 Å². The molecule has 13 heavy (non-hydrogen) atoms. The van der Waals surface area contributed by atoms with Crippen LogP contribution >= 0.6 is 0 Å². The Bertz CT molecular complexity index is 310. The minimum Gasteiger partial charge on any atom is -0.304 e. The number of benzene rings is 1. The van der Waals surface area contributed by atoms with E-state index in [2.05, 4.69) is 4.84 Å². The first-order valence-electron chi connectivity index (χ1n) is 4.35. The standard InChI is InChI=1S/C10H12FNO/c11-9-3-1-2-8(6-9)10(4-5-10)7-13-12/h1-3,6H,4-5,7,12H2. The number of nitrogens with two attached hydrogens (primary N) is 1. The second kappa shape index (κ2) is 3.09. The van der Waals surface area contributed by atoms with Crippen molar-refractivity contribution in [1.82, 2.24) is 0 Å². The van der Waals surface area contributed by atoms with E-state index in [1.54, 1.807) is 12.1 Å². The van der Waals surface area contributed by atoms with E-state index in [-0.39, 0.29) is 11.2 Å². The summed E-state index contributed by atoms with van der Waals surface area (Å²) in [6.07, 6.45) is 2.07. The Balaban J connectivity index is 2.25. The van der Waals surface area contributed by atoms with Gasteiger partial charge in [-0.2, -0.15) is 0 Å². The smallest absolute Gasteiger partial charge is 0.123 e. The van der Waals surface area contributed by atoms with Crippen LogP contribution in [0.25, 0.3) is 0 Å². The van der Waals surface area contributed by atoms with Crippen LogP contribution in [0.4, 0.5) is 4.39 Å². The van der Waals surface area contributed by atoms with E-state index in [0.717, 1.165) is 18.4 Å². The Labute approximate surface area is 76.5 Å². The van der Waals surface area contributed by atoms with E-state index < -0.39 is 0 Å². The highest BCUT2D eigenvalue weighted by atomic mass is 19.1. The lowest BCUT2D eigenvalue weighted by Crippen LogP contribution is -2.18. The van der Waals surface area contributed by atoms with Gasteiger partial charge in [0.15, 0.2) is 0 Å². The predicted octanol–water partition coefficient (Wildman–Crippen LogP) is 1.75. The lowest BCUT2D eigenvalue weighted by molar-refractivity contribution is 0.116. The molecule has 0 aromatic heterocycles. The molecule has 0 aliphatic heterocycles. The molecule has 1 aromatic carbocycles. The first-order valence-corrected chi connectivity index (χ1v) is 4.35. The maximum Gasteiger partial charge on any atom is 0.123 e. The van der Waals surface area contributed by atoms with Crippen LogP contribution in [0.1, 0.15) is 18.4 Å². The average Bonchev–Trinajstić information content (AvgIpc) is 2.86. The van der Waals surface area contributed by atoms with Crippen molar-refractivity contribution in [2.45, 2.75) is 18.3 Å². The molecule has 0 radical (unpaired) electrons. The van der Waals surface area contributed by atoms with E-state index in [1.807, 2.05) is 6.07 Å². The lowest BCUT2D eigenvalue weighted by atomic mass is 9.97. The number of hydrogen-bond donors (Lipinski definition) is 1. The van der Waals surface area contributed by atoms with Crippen molar-refractivity contribution >= 4 is 0 Å². The van der Waals surface area contributed by atoms with E-state index in [9.17, 15) is 4.39 Å². The lowest BCUT2D eigenvalue weighted by Gasteiger charge is -2.13. The maximum absolute atomic E-state index is 12.9. The SMILES string of the molecule is NOCC1(c2cccc(F)c2)CC1. The van der Waals surface area contributed by atoms with Gasteiger partial charge < -0.3 is 4.84 Å². The van der Waals surface area contributed by atoms with Crippen LogP contribution in [-0.4, -0.2) is 6.61 Å². The van der Waals surface area contributed by atoms with Gasteiger partial charge in [0.25, 0.3) is 0 Å². The van der Waals surface area contributed by atoms with Crippen LogP contribution < -0.4 is 5.90 Å². The Morgan fingerprint density at radius 3 is 2.77 bits per heavy atom. The van der Waals surface area contributed by atoms with Gasteiger partial charge in [-0.05, 0) is 30.5 Å². The van der Waals surface area contributed by atoms with Crippen molar-refractivity contribution in [3.8, 4) is 0 Å². The zero-order valence-corrected chi connectivity index (χ0v) is 7.29. The highest BCUT2D eigenvalue weighted by Crippen LogP contribution is 2.48. The number of hydrogen-bond acceptors (Lipinski definition) is 2. The van der Waals surface area contributed by atoms with Crippen LogP contribution in [0.5, 0.6) is 0 Å². The molecule has 1 aliphatic carbocycles. The molecule has 2 nitrogen and oxygen atoms in total. The van der Waals surface area contributed by atoms with Crippen molar-refractivity contribution in [1.29, 1.82) is 0 Å². The molecule has 0 saturated heterocycles. The van der Waals surface area contributed by atoms with Crippen LogP contribution in [-0.2, 0) is 10.3 Å². The van der Waals surface area contributed by atoms with Crippen molar-refractivity contribution in [3.05, 3.63) is 35.6 Å². The molecule has 0 unspecified atom stereocenters. The molecule has 3 heteroatoms. The Morgan fingerprint density at radius 1 is 1.46 bits per heavy atom. The fourth-order valence-electron chi connectivity index (χ4n) is 1.65. The summed E-state index contributed by atoms with van der Waals surface area (Å²) in [7, 11) is 0. The molecule has 2 N–H and O–H groups in total. The van der Waals surface area contributed by atoms with E-state index >= 15 is 0 Å². The molecular formula is C10H12FNO. The van der Waals surface area contributed by atoms with Crippen molar-refractivity contribution in [3.63, 3.8) is 0 Å². The summed E-state index contributed by atoms with van der Waals surface area (Å²) < 4.78 is 12.9. The van der Waals surface area contributed by atoms with Gasteiger partial charge in [-0.25, -0.2) is 10.3 Å². The molecular weight excluding hydrogens is 169 g/mol. The van der Waals surface area contributed by atoms with Crippen LogP contribution in [0.3, 0.4) is 0 Å². The summed E-state index contributed by atoms with van der Waals surface area (Å²) >= 11 is 0. The number of rotatable bonds is 3. The molecule has 2 rings (SSSR count). The molecule has 0 bridgehead atoms. The van der Waals surface area contributed by atoms with Gasteiger partial charge in [0.1, 0.15) is 5.82 Å². The molecule has 1 saturated carbocycles. The predicted molar refractivity (Wildman–Crippen MR) is 47.5 cm³/mol. The second-order valence-corrected chi connectivity index (χ2v) is 3.60. The van der Waals surface area contributed by atoms with E-state index in [1.165, 1.54) is 6.07 Å². The fourth-order valence-corrected chi connectivity index (χ4v) is 1.65. The minimum atomic E-state index is -0.194. The average molecular weight is 181 g/mol. The molecule has 0 atom stereocenters. The van der Waals surface area contributed by atoms with Crippen molar-refractivity contribution < 1.29 is 9.23 Å². The van der Waals surface area contributed by atoms with Gasteiger partial charge >= 0.3 is 0 Å². The fraction of sp³-hybridized carbons (Fsp3) is 0.400. The van der Waals surface area contributed by atoms with Gasteiger partial charge in [0.2, 0.25) is 0 Å². The third kappa shape index (κ3) is 1.57. The first kappa shape index (κ1) is 8.66. The summed E-state index contributed by atoms with van der Waals surface area (Å²) in [5.74, 6) is 4.84. The number of halogens is 1. The Kier molecular flexibility index (Phi) is 2.06. The molecule has 0 amide bonds. The summed E-state index contributed by atoms with van der Waals surface area (Å²) in [4.78, 5) is 4.64. The van der Waals surface area contributed by atoms with Crippen LogP contribution in [0, 0.1) is 5.82 Å². The highest BCUT2D eigenvalue weighted by Gasteiger charge is 2.44. The van der Waals surface area contributed by atoms with Gasteiger partial charge in [0.05, 0.1) is 6.61 Å². The zero-order valence-electron chi connectivity index (χ0n) is 7.29. The zero-order chi connectivity index (χ0) is 9.31. The summed E-state index contributed by atoms with van der Waals surface area (Å²) in [6, 6.07) is 6.66. The maximum atomic E-state index is 12.9. The molecule has 0 spiro atoms. The summed E-state index contributed by atoms with van der Waals surface area (Å²) in [5, 5.41) is 0. The quantitative estimate of drug-likeness (QED) is 0.721. The van der Waals surface area contributed by atoms with Gasteiger partial charge in [-0.1, -0.05) is 12.1 Å². The Morgan fingerprint density at radius 2 is 2.23 bits per heavy atom. The van der Waals surface area contributed by atoms with E-state index in [0.29, 0.717) is 6.61 Å². The third-order valence-electron chi connectivity index (χ3n) is 2.65. The monoisotopic (exact) mass is 181 g/mol. The third-order valence-corrected chi connectivity index (χ3v) is 2.65. The van der Waals surface area contributed by atoms with Gasteiger partial charge in [0, 0.05) is 5.41 Å². The van der Waals surface area contributed by atoms with Gasteiger partial charge in [-0.3, -0.25) is 0 Å². The topological polar surface area (TPSA) is 35.2 Å². The van der Waals surface area contributed by atoms with Crippen molar-refractivity contribution in [2.24, 2.45) is 5.90 Å². The minimum absolute atomic E-state index is 0.00313.